The van der Waals surface area contributed by atoms with E-state index in [-0.39, 0.29) is 30.1 Å². The summed E-state index contributed by atoms with van der Waals surface area (Å²) >= 11 is 0. The van der Waals surface area contributed by atoms with Crippen molar-refractivity contribution < 1.29 is 19.5 Å². The van der Waals surface area contributed by atoms with Gasteiger partial charge >= 0.3 is 5.97 Å². The van der Waals surface area contributed by atoms with Crippen LogP contribution in [0, 0.1) is 11.8 Å². The van der Waals surface area contributed by atoms with E-state index in [1.54, 1.807) is 4.90 Å². The van der Waals surface area contributed by atoms with Crippen LogP contribution in [0.3, 0.4) is 0 Å². The number of carboxylic acid groups (broad SMARTS) is 1. The highest BCUT2D eigenvalue weighted by Gasteiger charge is 2.36. The second kappa shape index (κ2) is 6.91. The molecule has 2 aliphatic heterocycles. The minimum absolute atomic E-state index is 0.0651. The molecule has 6 nitrogen and oxygen atoms in total. The van der Waals surface area contributed by atoms with Gasteiger partial charge in [0.25, 0.3) is 0 Å². The van der Waals surface area contributed by atoms with Crippen LogP contribution in [0.4, 0.5) is 0 Å². The summed E-state index contributed by atoms with van der Waals surface area (Å²) in [5.41, 5.74) is 0. The molecule has 0 aliphatic carbocycles. The van der Waals surface area contributed by atoms with Crippen LogP contribution in [0.25, 0.3) is 0 Å². The summed E-state index contributed by atoms with van der Waals surface area (Å²) in [4.78, 5) is 38.5. The topological polar surface area (TPSA) is 77.9 Å². The molecule has 0 aromatic heterocycles. The van der Waals surface area contributed by atoms with E-state index >= 15 is 0 Å². The highest BCUT2D eigenvalue weighted by molar-refractivity contribution is 5.89. The quantitative estimate of drug-likeness (QED) is 0.819. The smallest absolute Gasteiger partial charge is 0.303 e. The fraction of sp³-hybridized carbons (Fsp3) is 0.800. The van der Waals surface area contributed by atoms with E-state index in [0.717, 1.165) is 19.4 Å². The van der Waals surface area contributed by atoms with Crippen molar-refractivity contribution in [2.45, 2.75) is 39.0 Å². The van der Waals surface area contributed by atoms with Gasteiger partial charge in [0.05, 0.1) is 5.92 Å². The molecule has 6 heteroatoms. The van der Waals surface area contributed by atoms with Gasteiger partial charge in [-0.3, -0.25) is 14.4 Å². The molecule has 0 bridgehead atoms. The number of carbonyl (C=O) groups excluding carboxylic acids is 2. The molecule has 2 saturated heterocycles. The maximum atomic E-state index is 12.5. The van der Waals surface area contributed by atoms with Crippen molar-refractivity contribution in [2.75, 3.05) is 26.2 Å². The van der Waals surface area contributed by atoms with E-state index in [9.17, 15) is 14.4 Å². The number of nitrogens with zero attached hydrogens (tertiary/aromatic N) is 2. The Balaban J connectivity index is 1.87. The maximum Gasteiger partial charge on any atom is 0.303 e. The summed E-state index contributed by atoms with van der Waals surface area (Å²) in [6.45, 7) is 4.49. The predicted molar refractivity (Wildman–Crippen MR) is 76.5 cm³/mol. The van der Waals surface area contributed by atoms with Gasteiger partial charge in [-0.15, -0.1) is 0 Å². The summed E-state index contributed by atoms with van der Waals surface area (Å²) < 4.78 is 0. The van der Waals surface area contributed by atoms with E-state index in [4.69, 9.17) is 5.11 Å². The third-order valence-electron chi connectivity index (χ3n) is 4.54. The molecule has 2 amide bonds. The minimum Gasteiger partial charge on any atom is -0.481 e. The zero-order chi connectivity index (χ0) is 15.4. The van der Waals surface area contributed by atoms with Crippen LogP contribution in [0.5, 0.6) is 0 Å². The zero-order valence-corrected chi connectivity index (χ0v) is 12.6. The standard InChI is InChI=1S/C15H24N2O4/c1-2-16-10-12(8-13(16)18)15(21)17-7-3-4-11(9-17)5-6-14(19)20/h11-12H,2-10H2,1H3,(H,19,20)/t11-,12+/m1/s1. The van der Waals surface area contributed by atoms with Gasteiger partial charge in [0.1, 0.15) is 0 Å². The molecule has 0 spiro atoms. The Morgan fingerprint density at radius 2 is 2.10 bits per heavy atom. The zero-order valence-electron chi connectivity index (χ0n) is 12.6. The molecule has 0 saturated carbocycles. The Labute approximate surface area is 125 Å². The molecule has 2 atom stereocenters. The highest BCUT2D eigenvalue weighted by Crippen LogP contribution is 2.25. The van der Waals surface area contributed by atoms with E-state index < -0.39 is 5.97 Å². The first-order valence-corrected chi connectivity index (χ1v) is 7.79. The van der Waals surface area contributed by atoms with Crippen LogP contribution in [0.2, 0.25) is 0 Å². The lowest BCUT2D eigenvalue weighted by atomic mass is 9.92. The summed E-state index contributed by atoms with van der Waals surface area (Å²) in [7, 11) is 0. The van der Waals surface area contributed by atoms with Crippen molar-refractivity contribution in [3.05, 3.63) is 0 Å². The van der Waals surface area contributed by atoms with E-state index in [0.29, 0.717) is 32.5 Å². The lowest BCUT2D eigenvalue weighted by Crippen LogP contribution is -2.43. The summed E-state index contributed by atoms with van der Waals surface area (Å²) in [6.07, 6.45) is 3.03. The fourth-order valence-electron chi connectivity index (χ4n) is 3.33. The fourth-order valence-corrected chi connectivity index (χ4v) is 3.33. The van der Waals surface area contributed by atoms with Crippen LogP contribution in [0.1, 0.15) is 39.0 Å². The van der Waals surface area contributed by atoms with Gasteiger partial charge in [-0.2, -0.15) is 0 Å². The Bertz CT molecular complexity index is 424. The normalized spacial score (nSPS) is 26.2. The first kappa shape index (κ1) is 15.8. The van der Waals surface area contributed by atoms with Gasteiger partial charge in [0.2, 0.25) is 11.8 Å². The van der Waals surface area contributed by atoms with Crippen molar-refractivity contribution in [1.82, 2.24) is 9.80 Å². The third kappa shape index (κ3) is 3.95. The molecule has 0 aromatic carbocycles. The molecule has 2 fully saturated rings. The van der Waals surface area contributed by atoms with Gasteiger partial charge in [-0.1, -0.05) is 0 Å². The summed E-state index contributed by atoms with van der Waals surface area (Å²) in [6, 6.07) is 0. The van der Waals surface area contributed by atoms with Gasteiger partial charge in [0, 0.05) is 39.0 Å². The minimum atomic E-state index is -0.779. The van der Waals surface area contributed by atoms with E-state index in [2.05, 4.69) is 0 Å². The van der Waals surface area contributed by atoms with Crippen molar-refractivity contribution in [2.24, 2.45) is 11.8 Å². The Morgan fingerprint density at radius 3 is 2.71 bits per heavy atom. The molecule has 1 N–H and O–H groups in total. The molecule has 118 valence electrons. The van der Waals surface area contributed by atoms with Gasteiger partial charge < -0.3 is 14.9 Å². The van der Waals surface area contributed by atoms with Crippen LogP contribution in [-0.4, -0.2) is 58.9 Å². The Morgan fingerprint density at radius 1 is 1.33 bits per heavy atom. The van der Waals surface area contributed by atoms with Gasteiger partial charge in [-0.25, -0.2) is 0 Å². The molecule has 0 aromatic rings. The van der Waals surface area contributed by atoms with Crippen LogP contribution in [0.15, 0.2) is 0 Å². The number of carbonyl (C=O) groups is 3. The lowest BCUT2D eigenvalue weighted by molar-refractivity contribution is -0.138. The second-order valence-corrected chi connectivity index (χ2v) is 6.06. The molecule has 2 heterocycles. The van der Waals surface area contributed by atoms with Gasteiger partial charge in [0.15, 0.2) is 0 Å². The summed E-state index contributed by atoms with van der Waals surface area (Å²) in [5.74, 6) is -0.582. The molecule has 21 heavy (non-hydrogen) atoms. The second-order valence-electron chi connectivity index (χ2n) is 6.06. The average Bonchev–Trinajstić information content (AvgIpc) is 2.85. The monoisotopic (exact) mass is 296 g/mol. The van der Waals surface area contributed by atoms with E-state index in [1.807, 2.05) is 11.8 Å². The largest absolute Gasteiger partial charge is 0.481 e. The van der Waals surface area contributed by atoms with Crippen LogP contribution < -0.4 is 0 Å². The molecule has 0 unspecified atom stereocenters. The maximum absolute atomic E-state index is 12.5. The van der Waals surface area contributed by atoms with Crippen molar-refractivity contribution in [1.29, 1.82) is 0 Å². The molecule has 2 rings (SSSR count). The number of hydrogen-bond donors (Lipinski definition) is 1. The van der Waals surface area contributed by atoms with Gasteiger partial charge in [-0.05, 0) is 32.1 Å². The van der Waals surface area contributed by atoms with Crippen molar-refractivity contribution >= 4 is 17.8 Å². The molecule has 0 radical (unpaired) electrons. The Kier molecular flexibility index (Phi) is 5.20. The number of rotatable bonds is 5. The molecule has 2 aliphatic rings. The van der Waals surface area contributed by atoms with Crippen LogP contribution in [-0.2, 0) is 14.4 Å². The summed E-state index contributed by atoms with van der Waals surface area (Å²) in [5, 5.41) is 8.75. The number of aliphatic carboxylic acids is 1. The SMILES string of the molecule is CCN1C[C@@H](C(=O)N2CCC[C@H](CCC(=O)O)C2)CC1=O. The van der Waals surface area contributed by atoms with E-state index in [1.165, 1.54) is 0 Å². The predicted octanol–water partition coefficient (Wildman–Crippen LogP) is 0.958. The average molecular weight is 296 g/mol. The third-order valence-corrected chi connectivity index (χ3v) is 4.54. The molecular weight excluding hydrogens is 272 g/mol. The first-order valence-electron chi connectivity index (χ1n) is 7.79. The number of hydrogen-bond acceptors (Lipinski definition) is 3. The Hall–Kier alpha value is -1.59. The highest BCUT2D eigenvalue weighted by atomic mass is 16.4. The van der Waals surface area contributed by atoms with Crippen LogP contribution >= 0.6 is 0 Å². The van der Waals surface area contributed by atoms with Crippen molar-refractivity contribution in [3.8, 4) is 0 Å². The van der Waals surface area contributed by atoms with Crippen molar-refractivity contribution in [3.63, 3.8) is 0 Å². The number of carboxylic acids is 1. The number of likely N-dealkylation sites (tertiary alicyclic amines) is 2. The lowest BCUT2D eigenvalue weighted by Gasteiger charge is -2.34. The number of piperidine rings is 1. The first-order chi connectivity index (χ1) is 10.0. The number of amides is 2. The molecular formula is C15H24N2O4.